The Balaban J connectivity index is 2.13. The van der Waals surface area contributed by atoms with E-state index in [9.17, 15) is 14.4 Å². The molecule has 0 fully saturated rings. The van der Waals surface area contributed by atoms with Gasteiger partial charge in [-0.3, -0.25) is 19.6 Å². The third kappa shape index (κ3) is 13.8. The summed E-state index contributed by atoms with van der Waals surface area (Å²) in [6.07, 6.45) is 8.04. The van der Waals surface area contributed by atoms with Gasteiger partial charge in [-0.05, 0) is 36.8 Å². The number of amides is 2. The maximum Gasteiger partial charge on any atom is 0.303 e. The van der Waals surface area contributed by atoms with Crippen molar-refractivity contribution in [3.63, 3.8) is 0 Å². The van der Waals surface area contributed by atoms with Crippen molar-refractivity contribution in [1.29, 1.82) is 0 Å². The number of aliphatic carboxylic acids is 1. The summed E-state index contributed by atoms with van der Waals surface area (Å²) >= 11 is 0. The smallest absolute Gasteiger partial charge is 0.303 e. The summed E-state index contributed by atoms with van der Waals surface area (Å²) in [6, 6.07) is 7.22. The molecule has 8 N–H and O–H groups in total. The number of aliphatic imine (C=N–C) groups is 1. The van der Waals surface area contributed by atoms with Gasteiger partial charge in [0.25, 0.3) is 5.91 Å². The van der Waals surface area contributed by atoms with Crippen LogP contribution >= 0.6 is 0 Å². The number of hydroxylamine groups is 1. The third-order valence-electron chi connectivity index (χ3n) is 5.21. The van der Waals surface area contributed by atoms with Crippen molar-refractivity contribution in [1.82, 2.24) is 10.8 Å². The van der Waals surface area contributed by atoms with E-state index >= 15 is 0 Å². The van der Waals surface area contributed by atoms with Crippen LogP contribution in [-0.4, -0.2) is 40.1 Å². The molecule has 0 aliphatic carbocycles. The zero-order valence-electron chi connectivity index (χ0n) is 19.1. The van der Waals surface area contributed by atoms with E-state index in [0.29, 0.717) is 13.0 Å². The van der Waals surface area contributed by atoms with E-state index in [1.807, 2.05) is 12.1 Å². The Morgan fingerprint density at radius 1 is 0.939 bits per heavy atom. The van der Waals surface area contributed by atoms with E-state index in [2.05, 4.69) is 22.4 Å². The monoisotopic (exact) mass is 463 g/mol. The molecule has 2 amide bonds. The van der Waals surface area contributed by atoms with Gasteiger partial charge in [-0.1, -0.05) is 56.4 Å². The van der Waals surface area contributed by atoms with Crippen LogP contribution in [-0.2, 0) is 27.3 Å². The van der Waals surface area contributed by atoms with Crippen LogP contribution in [0.15, 0.2) is 29.3 Å². The zero-order chi connectivity index (χ0) is 24.5. The van der Waals surface area contributed by atoms with Gasteiger partial charge >= 0.3 is 5.97 Å². The molecule has 0 unspecified atom stereocenters. The number of nitrogens with one attached hydrogen (secondary N) is 2. The van der Waals surface area contributed by atoms with Gasteiger partial charge in [0.1, 0.15) is 6.04 Å². The highest BCUT2D eigenvalue weighted by molar-refractivity contribution is 5.87. The molecule has 184 valence electrons. The molecule has 0 aromatic heterocycles. The summed E-state index contributed by atoms with van der Waals surface area (Å²) in [5.41, 5.74) is 14.6. The predicted molar refractivity (Wildman–Crippen MR) is 125 cm³/mol. The molecule has 0 heterocycles. The van der Waals surface area contributed by atoms with E-state index in [-0.39, 0.29) is 31.1 Å². The second kappa shape index (κ2) is 16.5. The van der Waals surface area contributed by atoms with Gasteiger partial charge in [0.05, 0.1) is 6.54 Å². The first kappa shape index (κ1) is 27.9. The maximum absolute atomic E-state index is 12.0. The van der Waals surface area contributed by atoms with Gasteiger partial charge in [0.15, 0.2) is 5.96 Å². The predicted octanol–water partition coefficient (Wildman–Crippen LogP) is 1.98. The highest BCUT2D eigenvalue weighted by Gasteiger charge is 2.21. The molecule has 33 heavy (non-hydrogen) atoms. The van der Waals surface area contributed by atoms with E-state index in [1.54, 1.807) is 0 Å². The lowest BCUT2D eigenvalue weighted by molar-refractivity contribution is -0.139. The molecular weight excluding hydrogens is 426 g/mol. The fraction of sp³-hybridized carbons (Fsp3) is 0.565. The van der Waals surface area contributed by atoms with Gasteiger partial charge in [0.2, 0.25) is 5.91 Å². The number of aryl methyl sites for hydroxylation is 1. The second-order valence-electron chi connectivity index (χ2n) is 8.06. The van der Waals surface area contributed by atoms with Crippen molar-refractivity contribution < 1.29 is 24.7 Å². The van der Waals surface area contributed by atoms with Crippen molar-refractivity contribution in [3.8, 4) is 0 Å². The number of carbonyl (C=O) groups excluding carboxylic acids is 2. The van der Waals surface area contributed by atoms with Gasteiger partial charge in [0, 0.05) is 12.8 Å². The second-order valence-corrected chi connectivity index (χ2v) is 8.06. The summed E-state index contributed by atoms with van der Waals surface area (Å²) in [5, 5.41) is 19.9. The zero-order valence-corrected chi connectivity index (χ0v) is 19.1. The van der Waals surface area contributed by atoms with Crippen LogP contribution in [0.3, 0.4) is 0 Å². The van der Waals surface area contributed by atoms with Crippen molar-refractivity contribution >= 4 is 23.7 Å². The van der Waals surface area contributed by atoms with Crippen LogP contribution < -0.4 is 22.3 Å². The van der Waals surface area contributed by atoms with Crippen LogP contribution in [0.1, 0.15) is 75.3 Å². The first-order valence-electron chi connectivity index (χ1n) is 11.4. The number of hydrogen-bond donors (Lipinski definition) is 6. The minimum atomic E-state index is -1.07. The van der Waals surface area contributed by atoms with Crippen molar-refractivity contribution in [2.45, 2.75) is 83.2 Å². The first-order chi connectivity index (χ1) is 15.8. The summed E-state index contributed by atoms with van der Waals surface area (Å²) < 4.78 is 0. The largest absolute Gasteiger partial charge is 0.481 e. The van der Waals surface area contributed by atoms with Crippen molar-refractivity contribution in [3.05, 3.63) is 35.4 Å². The van der Waals surface area contributed by atoms with Crippen LogP contribution in [0.25, 0.3) is 0 Å². The fourth-order valence-corrected chi connectivity index (χ4v) is 3.45. The molecule has 1 aromatic carbocycles. The Hall–Kier alpha value is -3.14. The molecule has 1 aromatic rings. The molecule has 0 radical (unpaired) electrons. The molecular formula is C23H37N5O5. The first-order valence-corrected chi connectivity index (χ1v) is 11.4. The quantitative estimate of drug-likeness (QED) is 0.0671. The molecule has 0 aliphatic heterocycles. The van der Waals surface area contributed by atoms with Crippen molar-refractivity contribution in [2.75, 3.05) is 0 Å². The normalized spacial score (nSPS) is 11.4. The summed E-state index contributed by atoms with van der Waals surface area (Å²) in [4.78, 5) is 38.2. The van der Waals surface area contributed by atoms with Crippen LogP contribution in [0.2, 0.25) is 0 Å². The average molecular weight is 464 g/mol. The molecule has 10 heteroatoms. The average Bonchev–Trinajstić information content (AvgIpc) is 2.78. The topological polar surface area (TPSA) is 180 Å². The Kier molecular flexibility index (Phi) is 13.9. The highest BCUT2D eigenvalue weighted by Crippen LogP contribution is 2.13. The molecule has 0 spiro atoms. The van der Waals surface area contributed by atoms with E-state index in [1.165, 1.54) is 11.0 Å². The Morgan fingerprint density at radius 3 is 2.21 bits per heavy atom. The number of carbonyl (C=O) groups is 3. The lowest BCUT2D eigenvalue weighted by Gasteiger charge is -2.15. The summed E-state index contributed by atoms with van der Waals surface area (Å²) in [5.74, 6) is -2.12. The molecule has 1 atom stereocenters. The van der Waals surface area contributed by atoms with E-state index < -0.39 is 17.9 Å². The third-order valence-corrected chi connectivity index (χ3v) is 5.21. The van der Waals surface area contributed by atoms with Gasteiger partial charge < -0.3 is 21.9 Å². The van der Waals surface area contributed by atoms with Crippen LogP contribution in [0, 0.1) is 0 Å². The van der Waals surface area contributed by atoms with E-state index in [0.717, 1.165) is 50.5 Å². The lowest BCUT2D eigenvalue weighted by Crippen LogP contribution is -2.46. The number of carboxylic acid groups (broad SMARTS) is 1. The van der Waals surface area contributed by atoms with Gasteiger partial charge in [-0.15, -0.1) is 0 Å². The number of nitrogens with zero attached hydrogens (tertiary/aromatic N) is 1. The Morgan fingerprint density at radius 2 is 1.58 bits per heavy atom. The van der Waals surface area contributed by atoms with Gasteiger partial charge in [-0.2, -0.15) is 0 Å². The minimum absolute atomic E-state index is 0.0754. The Bertz CT molecular complexity index is 780. The highest BCUT2D eigenvalue weighted by atomic mass is 16.5. The molecule has 1 rings (SSSR count). The molecule has 0 saturated carbocycles. The number of benzene rings is 1. The summed E-state index contributed by atoms with van der Waals surface area (Å²) in [7, 11) is 0. The van der Waals surface area contributed by atoms with Crippen molar-refractivity contribution in [2.24, 2.45) is 16.5 Å². The molecule has 0 saturated heterocycles. The van der Waals surface area contributed by atoms with E-state index in [4.69, 9.17) is 21.8 Å². The van der Waals surface area contributed by atoms with Crippen LogP contribution in [0.4, 0.5) is 0 Å². The summed E-state index contributed by atoms with van der Waals surface area (Å²) in [6.45, 7) is 0.492. The molecule has 0 bridgehead atoms. The Labute approximate surface area is 194 Å². The number of guanidine groups is 1. The minimum Gasteiger partial charge on any atom is -0.481 e. The number of unbranched alkanes of at least 4 members (excludes halogenated alkanes) is 6. The SMILES string of the molecule is NC(N)=NCc1cccc(CCCCCCCCCC(=O)N[C@H](CCC(=O)O)C(=O)NO)c1. The number of carboxylic acids is 1. The molecule has 0 aliphatic rings. The number of hydrogen-bond acceptors (Lipinski definition) is 5. The number of rotatable bonds is 17. The van der Waals surface area contributed by atoms with Gasteiger partial charge in [-0.25, -0.2) is 10.5 Å². The fourth-order valence-electron chi connectivity index (χ4n) is 3.45. The standard InChI is InChI=1S/C23H37N5O5/c24-23(25)26-16-18-11-8-10-17(15-18)9-6-4-2-1-3-5-7-12-20(29)27-19(22(32)28-33)13-14-21(30)31/h8,10-11,15,19,33H,1-7,9,12-14,16H2,(H,27,29)(H,28,32)(H,30,31)(H4,24,25,26)/t19-/m1/s1. The molecule has 10 nitrogen and oxygen atoms in total. The van der Waals surface area contributed by atoms with Crippen LogP contribution in [0.5, 0.6) is 0 Å². The maximum atomic E-state index is 12.0. The number of nitrogens with two attached hydrogens (primary N) is 2. The lowest BCUT2D eigenvalue weighted by atomic mass is 10.0.